The van der Waals surface area contributed by atoms with Crippen molar-refractivity contribution in [2.45, 2.75) is 0 Å². The Balaban J connectivity index is 2.19. The minimum Gasteiger partial charge on any atom is -0.507 e. The van der Waals surface area contributed by atoms with Crippen molar-refractivity contribution in [2.75, 3.05) is 18.5 Å². The number of hydrogen-bond donors (Lipinski definition) is 1. The summed E-state index contributed by atoms with van der Waals surface area (Å²) >= 11 is 0. The van der Waals surface area contributed by atoms with E-state index in [2.05, 4.69) is 0 Å². The van der Waals surface area contributed by atoms with Crippen LogP contribution in [0.2, 0.25) is 0 Å². The number of aromatic hydroxyl groups is 1. The van der Waals surface area contributed by atoms with Gasteiger partial charge in [0.15, 0.2) is 5.78 Å². The zero-order valence-corrected chi connectivity index (χ0v) is 11.4. The Morgan fingerprint density at radius 1 is 1.33 bits per heavy atom. The van der Waals surface area contributed by atoms with Crippen LogP contribution < -0.4 is 4.90 Å². The molecule has 0 aliphatic carbocycles. The standard InChI is InChI=1S/C16H13FN2O2/c1-19(13-4-2-3-11(7-13)9-18)10-16(21)14-8-12(17)5-6-15(14)20/h2-8,20H,10H2,1H3. The number of phenolic OH excluding ortho intramolecular Hbond substituents is 1. The van der Waals surface area contributed by atoms with E-state index in [4.69, 9.17) is 5.26 Å². The summed E-state index contributed by atoms with van der Waals surface area (Å²) in [5, 5.41) is 18.5. The third-order valence-corrected chi connectivity index (χ3v) is 3.06. The maximum Gasteiger partial charge on any atom is 0.185 e. The highest BCUT2D eigenvalue weighted by Gasteiger charge is 2.15. The van der Waals surface area contributed by atoms with Gasteiger partial charge in [0.25, 0.3) is 0 Å². The summed E-state index contributed by atoms with van der Waals surface area (Å²) in [6.45, 7) is -0.0358. The number of carbonyl (C=O) groups is 1. The number of benzene rings is 2. The molecule has 0 aliphatic heterocycles. The molecule has 0 saturated heterocycles. The van der Waals surface area contributed by atoms with E-state index < -0.39 is 11.6 Å². The van der Waals surface area contributed by atoms with Crippen LogP contribution in [0, 0.1) is 17.1 Å². The van der Waals surface area contributed by atoms with Crippen LogP contribution in [0.1, 0.15) is 15.9 Å². The normalized spacial score (nSPS) is 9.95. The highest BCUT2D eigenvalue weighted by molar-refractivity contribution is 6.01. The van der Waals surface area contributed by atoms with Gasteiger partial charge in [0.1, 0.15) is 11.6 Å². The molecule has 2 aromatic rings. The summed E-state index contributed by atoms with van der Waals surface area (Å²) in [5.74, 6) is -1.23. The number of nitrogens with zero attached hydrogens (tertiary/aromatic N) is 2. The lowest BCUT2D eigenvalue weighted by Crippen LogP contribution is -2.25. The van der Waals surface area contributed by atoms with Crippen LogP contribution in [0.25, 0.3) is 0 Å². The maximum absolute atomic E-state index is 13.2. The average molecular weight is 284 g/mol. The number of phenols is 1. The van der Waals surface area contributed by atoms with Gasteiger partial charge in [0, 0.05) is 12.7 Å². The fraction of sp³-hybridized carbons (Fsp3) is 0.125. The highest BCUT2D eigenvalue weighted by Crippen LogP contribution is 2.20. The average Bonchev–Trinajstić information content (AvgIpc) is 2.49. The lowest BCUT2D eigenvalue weighted by atomic mass is 10.1. The number of carbonyl (C=O) groups excluding carboxylic acids is 1. The summed E-state index contributed by atoms with van der Waals surface area (Å²) in [6, 6.07) is 12.1. The zero-order chi connectivity index (χ0) is 15.4. The molecule has 0 amide bonds. The number of hydrogen-bond acceptors (Lipinski definition) is 4. The summed E-state index contributed by atoms with van der Waals surface area (Å²) in [5.41, 5.74) is 1.12. The third kappa shape index (κ3) is 3.37. The van der Waals surface area contributed by atoms with E-state index in [0.717, 1.165) is 18.2 Å². The molecule has 0 saturated carbocycles. The van der Waals surface area contributed by atoms with Crippen LogP contribution in [-0.4, -0.2) is 24.5 Å². The Kier molecular flexibility index (Phi) is 4.19. The fourth-order valence-electron chi connectivity index (χ4n) is 1.94. The van der Waals surface area contributed by atoms with Gasteiger partial charge in [-0.15, -0.1) is 0 Å². The van der Waals surface area contributed by atoms with Crippen molar-refractivity contribution in [2.24, 2.45) is 0 Å². The number of nitriles is 1. The van der Waals surface area contributed by atoms with Crippen LogP contribution in [0.15, 0.2) is 42.5 Å². The van der Waals surface area contributed by atoms with E-state index in [9.17, 15) is 14.3 Å². The largest absolute Gasteiger partial charge is 0.507 e. The molecule has 0 fully saturated rings. The van der Waals surface area contributed by atoms with Crippen molar-refractivity contribution in [1.82, 2.24) is 0 Å². The molecular weight excluding hydrogens is 271 g/mol. The van der Waals surface area contributed by atoms with Crippen molar-refractivity contribution in [3.63, 3.8) is 0 Å². The van der Waals surface area contributed by atoms with Gasteiger partial charge in [0.2, 0.25) is 0 Å². The predicted molar refractivity (Wildman–Crippen MR) is 76.8 cm³/mol. The van der Waals surface area contributed by atoms with Crippen LogP contribution in [0.5, 0.6) is 5.75 Å². The summed E-state index contributed by atoms with van der Waals surface area (Å²) in [6.07, 6.45) is 0. The lowest BCUT2D eigenvalue weighted by Gasteiger charge is -2.18. The van der Waals surface area contributed by atoms with Crippen LogP contribution >= 0.6 is 0 Å². The molecule has 0 unspecified atom stereocenters. The molecule has 0 spiro atoms. The minimum absolute atomic E-state index is 0.0358. The van der Waals surface area contributed by atoms with Gasteiger partial charge in [-0.05, 0) is 36.4 Å². The van der Waals surface area contributed by atoms with Crippen molar-refractivity contribution >= 4 is 11.5 Å². The Labute approximate surface area is 121 Å². The molecule has 0 atom stereocenters. The van der Waals surface area contributed by atoms with Gasteiger partial charge in [-0.3, -0.25) is 4.79 Å². The fourth-order valence-corrected chi connectivity index (χ4v) is 1.94. The number of likely N-dealkylation sites (N-methyl/N-ethyl adjacent to an activating group) is 1. The van der Waals surface area contributed by atoms with Gasteiger partial charge >= 0.3 is 0 Å². The van der Waals surface area contributed by atoms with Gasteiger partial charge in [-0.2, -0.15) is 5.26 Å². The van der Waals surface area contributed by atoms with Gasteiger partial charge in [-0.25, -0.2) is 4.39 Å². The summed E-state index contributed by atoms with van der Waals surface area (Å²) in [4.78, 5) is 13.8. The van der Waals surface area contributed by atoms with Crippen LogP contribution in [0.4, 0.5) is 10.1 Å². The van der Waals surface area contributed by atoms with Gasteiger partial charge in [-0.1, -0.05) is 6.07 Å². The Morgan fingerprint density at radius 2 is 2.10 bits per heavy atom. The molecule has 21 heavy (non-hydrogen) atoms. The first-order valence-electron chi connectivity index (χ1n) is 6.24. The topological polar surface area (TPSA) is 64.3 Å². The van der Waals surface area contributed by atoms with E-state index in [1.165, 1.54) is 0 Å². The molecule has 0 radical (unpaired) electrons. The highest BCUT2D eigenvalue weighted by atomic mass is 19.1. The second-order valence-corrected chi connectivity index (χ2v) is 4.60. The zero-order valence-electron chi connectivity index (χ0n) is 11.4. The first-order valence-corrected chi connectivity index (χ1v) is 6.24. The third-order valence-electron chi connectivity index (χ3n) is 3.06. The number of ketones is 1. The van der Waals surface area contributed by atoms with Gasteiger partial charge < -0.3 is 10.0 Å². The van der Waals surface area contributed by atoms with E-state index in [0.29, 0.717) is 11.3 Å². The molecule has 0 aromatic heterocycles. The molecule has 1 N–H and O–H groups in total. The number of Topliss-reactive ketones (excluding diaryl/α,β-unsaturated/α-hetero) is 1. The monoisotopic (exact) mass is 284 g/mol. The molecule has 5 heteroatoms. The summed E-state index contributed by atoms with van der Waals surface area (Å²) < 4.78 is 13.2. The number of anilines is 1. The quantitative estimate of drug-likeness (QED) is 0.877. The first kappa shape index (κ1) is 14.5. The lowest BCUT2D eigenvalue weighted by molar-refractivity contribution is 0.0997. The van der Waals surface area contributed by atoms with Crippen molar-refractivity contribution in [3.05, 3.63) is 59.4 Å². The molecule has 106 valence electrons. The summed E-state index contributed by atoms with van der Waals surface area (Å²) in [7, 11) is 1.69. The smallest absolute Gasteiger partial charge is 0.185 e. The Morgan fingerprint density at radius 3 is 2.81 bits per heavy atom. The van der Waals surface area contributed by atoms with Crippen LogP contribution in [-0.2, 0) is 0 Å². The molecule has 0 heterocycles. The van der Waals surface area contributed by atoms with Crippen molar-refractivity contribution < 1.29 is 14.3 Å². The molecule has 4 nitrogen and oxygen atoms in total. The maximum atomic E-state index is 13.2. The Bertz CT molecular complexity index is 722. The SMILES string of the molecule is CN(CC(=O)c1cc(F)ccc1O)c1cccc(C#N)c1. The predicted octanol–water partition coefficient (Wildman–Crippen LogP) is 2.72. The number of rotatable bonds is 4. The van der Waals surface area contributed by atoms with E-state index >= 15 is 0 Å². The molecule has 0 aliphatic rings. The molecule has 2 aromatic carbocycles. The molecule has 0 bridgehead atoms. The van der Waals surface area contributed by atoms with E-state index in [1.54, 1.807) is 36.2 Å². The Hall–Kier alpha value is -2.87. The van der Waals surface area contributed by atoms with Crippen LogP contribution in [0.3, 0.4) is 0 Å². The molecule has 2 rings (SSSR count). The minimum atomic E-state index is -0.578. The number of halogens is 1. The second kappa shape index (κ2) is 6.06. The second-order valence-electron chi connectivity index (χ2n) is 4.60. The molecular formula is C16H13FN2O2. The first-order chi connectivity index (χ1) is 10.0. The van der Waals surface area contributed by atoms with Crippen molar-refractivity contribution in [1.29, 1.82) is 5.26 Å². The van der Waals surface area contributed by atoms with E-state index in [1.807, 2.05) is 6.07 Å². The van der Waals surface area contributed by atoms with Crippen molar-refractivity contribution in [3.8, 4) is 11.8 Å². The van der Waals surface area contributed by atoms with Gasteiger partial charge in [0.05, 0.1) is 23.7 Å². The van der Waals surface area contributed by atoms with E-state index in [-0.39, 0.29) is 17.9 Å².